The topological polar surface area (TPSA) is 25.8 Å². The van der Waals surface area contributed by atoms with Crippen molar-refractivity contribution >= 4 is 32.2 Å². The first-order valence-electron chi connectivity index (χ1n) is 17.8. The van der Waals surface area contributed by atoms with E-state index in [1.165, 1.54) is 59.1 Å². The molecule has 1 aliphatic rings. The summed E-state index contributed by atoms with van der Waals surface area (Å²) < 4.78 is 1.28. The molecule has 0 saturated carbocycles. The Labute approximate surface area is 307 Å². The molecule has 0 aliphatic heterocycles. The van der Waals surface area contributed by atoms with Gasteiger partial charge in [-0.15, -0.1) is 11.3 Å². The van der Waals surface area contributed by atoms with Gasteiger partial charge in [-0.2, -0.15) is 0 Å². The van der Waals surface area contributed by atoms with E-state index in [0.29, 0.717) is 5.82 Å². The highest BCUT2D eigenvalue weighted by Gasteiger charge is 2.37. The van der Waals surface area contributed by atoms with E-state index in [2.05, 4.69) is 178 Å². The van der Waals surface area contributed by atoms with Gasteiger partial charge in [-0.25, -0.2) is 9.97 Å². The normalized spacial score (nSPS) is 13.0. The van der Waals surface area contributed by atoms with Crippen molar-refractivity contribution in [2.75, 3.05) is 0 Å². The van der Waals surface area contributed by atoms with E-state index >= 15 is 0 Å². The molecule has 2 heterocycles. The van der Waals surface area contributed by atoms with Crippen molar-refractivity contribution < 1.29 is 0 Å². The van der Waals surface area contributed by atoms with Gasteiger partial charge in [0.25, 0.3) is 0 Å². The van der Waals surface area contributed by atoms with Crippen LogP contribution in [0.25, 0.3) is 87.5 Å². The maximum atomic E-state index is 5.32. The lowest BCUT2D eigenvalue weighted by Crippen LogP contribution is -2.14. The molecule has 0 bridgehead atoms. The maximum absolute atomic E-state index is 5.32. The van der Waals surface area contributed by atoms with Gasteiger partial charge < -0.3 is 0 Å². The van der Waals surface area contributed by atoms with E-state index in [9.17, 15) is 0 Å². The fourth-order valence-corrected chi connectivity index (χ4v) is 9.22. The zero-order valence-corrected chi connectivity index (χ0v) is 29.8. The Morgan fingerprint density at radius 2 is 1.00 bits per heavy atom. The summed E-state index contributed by atoms with van der Waals surface area (Å²) in [5, 5.41) is 3.80. The van der Waals surface area contributed by atoms with Gasteiger partial charge in [0, 0.05) is 37.2 Å². The minimum absolute atomic E-state index is 0.126. The molecule has 7 aromatic carbocycles. The first-order valence-corrected chi connectivity index (χ1v) is 18.6. The van der Waals surface area contributed by atoms with Crippen molar-refractivity contribution in [1.29, 1.82) is 0 Å². The number of nitrogens with zero attached hydrogens (tertiary/aromatic N) is 2. The number of aromatic nitrogens is 2. The van der Waals surface area contributed by atoms with Crippen LogP contribution in [0.2, 0.25) is 0 Å². The smallest absolute Gasteiger partial charge is 0.160 e. The maximum Gasteiger partial charge on any atom is 0.160 e. The van der Waals surface area contributed by atoms with Crippen molar-refractivity contribution in [2.45, 2.75) is 19.3 Å². The van der Waals surface area contributed by atoms with Gasteiger partial charge in [0.1, 0.15) is 0 Å². The molecule has 0 N–H and O–H groups in total. The number of rotatable bonds is 5. The largest absolute Gasteiger partial charge is 0.228 e. The third kappa shape index (κ3) is 4.92. The second kappa shape index (κ2) is 12.0. The number of hydrogen-bond donors (Lipinski definition) is 0. The Balaban J connectivity index is 1.19. The predicted octanol–water partition coefficient (Wildman–Crippen LogP) is 13.5. The third-order valence-corrected chi connectivity index (χ3v) is 11.9. The Kier molecular flexibility index (Phi) is 7.06. The van der Waals surface area contributed by atoms with Crippen molar-refractivity contribution in [2.24, 2.45) is 0 Å². The van der Waals surface area contributed by atoms with Crippen LogP contribution in [0.3, 0.4) is 0 Å². The van der Waals surface area contributed by atoms with Crippen LogP contribution in [0.5, 0.6) is 0 Å². The highest BCUT2D eigenvalue weighted by Crippen LogP contribution is 2.54. The Bertz CT molecular complexity index is 2790. The van der Waals surface area contributed by atoms with E-state index in [1.54, 1.807) is 0 Å². The second-order valence-electron chi connectivity index (χ2n) is 14.2. The van der Waals surface area contributed by atoms with Crippen molar-refractivity contribution in [3.8, 4) is 66.6 Å². The summed E-state index contributed by atoms with van der Waals surface area (Å²) in [6.07, 6.45) is 0. The Hall–Kier alpha value is -6.16. The first kappa shape index (κ1) is 30.6. The summed E-state index contributed by atoms with van der Waals surface area (Å²) >= 11 is 1.82. The van der Waals surface area contributed by atoms with E-state index in [4.69, 9.17) is 9.97 Å². The lowest BCUT2D eigenvalue weighted by atomic mass is 9.81. The number of benzene rings is 7. The molecule has 0 atom stereocenters. The minimum atomic E-state index is -0.126. The molecule has 52 heavy (non-hydrogen) atoms. The monoisotopic (exact) mass is 682 g/mol. The summed E-state index contributed by atoms with van der Waals surface area (Å²) in [7, 11) is 0. The second-order valence-corrected chi connectivity index (χ2v) is 15.2. The zero-order valence-electron chi connectivity index (χ0n) is 29.0. The summed E-state index contributed by atoms with van der Waals surface area (Å²) in [6.45, 7) is 4.72. The minimum Gasteiger partial charge on any atom is -0.228 e. The van der Waals surface area contributed by atoms with Gasteiger partial charge in [0.2, 0.25) is 0 Å². The summed E-state index contributed by atoms with van der Waals surface area (Å²) in [5.41, 5.74) is 13.8. The van der Waals surface area contributed by atoms with Gasteiger partial charge in [-0.3, -0.25) is 0 Å². The summed E-state index contributed by atoms with van der Waals surface area (Å²) in [6, 6.07) is 61.2. The van der Waals surface area contributed by atoms with Crippen molar-refractivity contribution in [1.82, 2.24) is 9.97 Å². The fourth-order valence-electron chi connectivity index (χ4n) is 8.11. The van der Waals surface area contributed by atoms with Crippen LogP contribution < -0.4 is 0 Å². The summed E-state index contributed by atoms with van der Waals surface area (Å²) in [4.78, 5) is 11.8. The molecule has 0 spiro atoms. The Morgan fingerprint density at radius 1 is 0.423 bits per heavy atom. The van der Waals surface area contributed by atoms with Crippen LogP contribution >= 0.6 is 11.3 Å². The van der Waals surface area contributed by atoms with Crippen LogP contribution in [0, 0.1) is 0 Å². The van der Waals surface area contributed by atoms with E-state index < -0.39 is 0 Å². The molecule has 10 rings (SSSR count). The SMILES string of the molecule is CC1(C)c2cc3ccccc3cc2-c2c(-c3ccccc3-c3cc(-c4ccccc4-c4cc5ccccc5s4)nc(-c4ccccc4)n3)cccc21. The molecule has 9 aromatic rings. The highest BCUT2D eigenvalue weighted by atomic mass is 32.1. The standard InChI is InChI=1S/C49H34N2S/c1-49(2)41-25-14-24-39(47(41)40-27-32-17-6-7-18-33(32)28-42(40)49)35-20-9-10-21-36(35)43-30-44(51-48(50-43)31-15-4-3-5-16-31)37-22-11-12-23-38(37)46-29-34-19-8-13-26-45(34)52-46/h3-30H,1-2H3. The number of thiophene rings is 1. The van der Waals surface area contributed by atoms with Gasteiger partial charge in [0.05, 0.1) is 11.4 Å². The molecule has 0 radical (unpaired) electrons. The average Bonchev–Trinajstić information content (AvgIpc) is 3.73. The fraction of sp³-hybridized carbons (Fsp3) is 0.0612. The lowest BCUT2D eigenvalue weighted by molar-refractivity contribution is 0.661. The molecule has 0 saturated heterocycles. The highest BCUT2D eigenvalue weighted by molar-refractivity contribution is 7.22. The molecule has 0 unspecified atom stereocenters. The average molecular weight is 683 g/mol. The Morgan fingerprint density at radius 3 is 1.73 bits per heavy atom. The third-order valence-electron chi connectivity index (χ3n) is 10.7. The molecule has 2 aromatic heterocycles. The van der Waals surface area contributed by atoms with Crippen LogP contribution in [0.4, 0.5) is 0 Å². The molecule has 2 nitrogen and oxygen atoms in total. The molecule has 0 amide bonds. The van der Waals surface area contributed by atoms with E-state index in [1.807, 2.05) is 17.4 Å². The predicted molar refractivity (Wildman–Crippen MR) is 220 cm³/mol. The molecule has 0 fully saturated rings. The van der Waals surface area contributed by atoms with Crippen LogP contribution in [-0.4, -0.2) is 9.97 Å². The van der Waals surface area contributed by atoms with Crippen molar-refractivity contribution in [3.63, 3.8) is 0 Å². The van der Waals surface area contributed by atoms with Crippen LogP contribution in [-0.2, 0) is 5.41 Å². The summed E-state index contributed by atoms with van der Waals surface area (Å²) in [5.74, 6) is 0.713. The van der Waals surface area contributed by atoms with E-state index in [0.717, 1.165) is 33.6 Å². The number of hydrogen-bond acceptors (Lipinski definition) is 3. The van der Waals surface area contributed by atoms with Crippen LogP contribution in [0.15, 0.2) is 170 Å². The molecular weight excluding hydrogens is 649 g/mol. The quantitative estimate of drug-likeness (QED) is 0.181. The molecule has 3 heteroatoms. The zero-order chi connectivity index (χ0) is 34.8. The van der Waals surface area contributed by atoms with Gasteiger partial charge in [-0.1, -0.05) is 153 Å². The van der Waals surface area contributed by atoms with Gasteiger partial charge in [0.15, 0.2) is 5.82 Å². The van der Waals surface area contributed by atoms with Crippen molar-refractivity contribution in [3.05, 3.63) is 181 Å². The van der Waals surface area contributed by atoms with Gasteiger partial charge >= 0.3 is 0 Å². The first-order chi connectivity index (χ1) is 25.5. The number of fused-ring (bicyclic) bond motifs is 5. The van der Waals surface area contributed by atoms with Crippen LogP contribution in [0.1, 0.15) is 25.0 Å². The lowest BCUT2D eigenvalue weighted by Gasteiger charge is -2.22. The van der Waals surface area contributed by atoms with E-state index in [-0.39, 0.29) is 5.41 Å². The van der Waals surface area contributed by atoms with Gasteiger partial charge in [-0.05, 0) is 79.9 Å². The molecule has 1 aliphatic carbocycles. The molecular formula is C49H34N2S. The molecule has 246 valence electrons.